The molecule has 0 spiro atoms. The first-order valence-electron chi connectivity index (χ1n) is 7.18. The van der Waals surface area contributed by atoms with Crippen LogP contribution in [0.3, 0.4) is 0 Å². The Hall–Kier alpha value is -2.46. The highest BCUT2D eigenvalue weighted by atomic mass is 32.2. The van der Waals surface area contributed by atoms with E-state index < -0.39 is 0 Å². The highest BCUT2D eigenvalue weighted by Gasteiger charge is 2.18. The number of nitrogens with zero attached hydrogens (tertiary/aromatic N) is 6. The molecule has 0 fully saturated rings. The molecule has 10 heteroatoms. The maximum atomic E-state index is 12.0. The Bertz CT molecular complexity index is 1060. The largest absolute Gasteiger partial charge is 0.461 e. The minimum absolute atomic E-state index is 0.186. The molecule has 0 aliphatic rings. The fraction of sp³-hybridized carbons (Fsp3) is 0.214. The van der Waals surface area contributed by atoms with Gasteiger partial charge in [0, 0.05) is 18.3 Å². The van der Waals surface area contributed by atoms with Crippen LogP contribution in [0.1, 0.15) is 12.6 Å². The molecule has 122 valence electrons. The molecule has 0 aliphatic heterocycles. The van der Waals surface area contributed by atoms with E-state index in [1.54, 1.807) is 13.2 Å². The molecule has 0 aromatic carbocycles. The van der Waals surface area contributed by atoms with Crippen molar-refractivity contribution in [2.24, 2.45) is 0 Å². The average molecular weight is 360 g/mol. The molecule has 0 unspecified atom stereocenters. The topological polar surface area (TPSA) is 91.1 Å². The van der Waals surface area contributed by atoms with Crippen molar-refractivity contribution in [2.75, 3.05) is 0 Å². The van der Waals surface area contributed by atoms with Crippen molar-refractivity contribution >= 4 is 28.1 Å². The van der Waals surface area contributed by atoms with Crippen molar-refractivity contribution in [1.82, 2.24) is 29.4 Å². The Labute approximate surface area is 144 Å². The normalized spacial score (nSPS) is 11.4. The second-order valence-corrected chi connectivity index (χ2v) is 7.10. The Morgan fingerprint density at radius 1 is 1.38 bits per heavy atom. The Balaban J connectivity index is 1.73. The van der Waals surface area contributed by atoms with Crippen molar-refractivity contribution in [1.29, 1.82) is 0 Å². The summed E-state index contributed by atoms with van der Waals surface area (Å²) in [6.45, 7) is 4.48. The van der Waals surface area contributed by atoms with Crippen LogP contribution in [0, 0.1) is 6.92 Å². The zero-order valence-corrected chi connectivity index (χ0v) is 14.5. The monoisotopic (exact) mass is 360 g/mol. The van der Waals surface area contributed by atoms with Crippen LogP contribution in [-0.4, -0.2) is 29.4 Å². The van der Waals surface area contributed by atoms with Crippen molar-refractivity contribution < 1.29 is 4.42 Å². The summed E-state index contributed by atoms with van der Waals surface area (Å²) >= 11 is 2.70. The third kappa shape index (κ3) is 2.53. The third-order valence-electron chi connectivity index (χ3n) is 3.31. The lowest BCUT2D eigenvalue weighted by atomic mass is 10.4. The van der Waals surface area contributed by atoms with Crippen LogP contribution in [0.15, 0.2) is 43.2 Å². The van der Waals surface area contributed by atoms with Gasteiger partial charge in [-0.3, -0.25) is 9.36 Å². The van der Waals surface area contributed by atoms with E-state index in [9.17, 15) is 4.79 Å². The molecule has 0 atom stereocenters. The molecule has 4 aromatic rings. The van der Waals surface area contributed by atoms with Gasteiger partial charge in [-0.05, 0) is 37.7 Å². The number of aromatic nitrogens is 6. The zero-order valence-electron chi connectivity index (χ0n) is 12.8. The summed E-state index contributed by atoms with van der Waals surface area (Å²) in [5.74, 6) is 1.33. The summed E-state index contributed by atoms with van der Waals surface area (Å²) in [4.78, 5) is 16.9. The highest BCUT2D eigenvalue weighted by molar-refractivity contribution is 8.01. The van der Waals surface area contributed by atoms with Crippen LogP contribution in [0.4, 0.5) is 0 Å². The number of rotatable bonds is 4. The van der Waals surface area contributed by atoms with Crippen LogP contribution in [0.25, 0.3) is 16.5 Å². The minimum Gasteiger partial charge on any atom is -0.461 e. The fourth-order valence-corrected chi connectivity index (χ4v) is 4.25. The molecule has 24 heavy (non-hydrogen) atoms. The summed E-state index contributed by atoms with van der Waals surface area (Å²) in [5, 5.41) is 13.4. The van der Waals surface area contributed by atoms with E-state index in [4.69, 9.17) is 4.42 Å². The first-order valence-corrected chi connectivity index (χ1v) is 8.81. The molecule has 4 aromatic heterocycles. The first kappa shape index (κ1) is 15.1. The minimum atomic E-state index is -0.186. The molecule has 4 rings (SSSR count). The van der Waals surface area contributed by atoms with E-state index in [1.807, 2.05) is 23.6 Å². The lowest BCUT2D eigenvalue weighted by Crippen LogP contribution is -2.14. The van der Waals surface area contributed by atoms with Gasteiger partial charge < -0.3 is 4.42 Å². The van der Waals surface area contributed by atoms with Gasteiger partial charge in [-0.2, -0.15) is 4.52 Å². The predicted octanol–water partition coefficient (Wildman–Crippen LogP) is 2.48. The molecule has 0 radical (unpaired) electrons. The van der Waals surface area contributed by atoms with Gasteiger partial charge in [0.25, 0.3) is 5.56 Å². The molecule has 0 bridgehead atoms. The molecule has 0 N–H and O–H groups in total. The third-order valence-corrected chi connectivity index (χ3v) is 5.25. The van der Waals surface area contributed by atoms with Crippen molar-refractivity contribution in [3.63, 3.8) is 0 Å². The summed E-state index contributed by atoms with van der Waals surface area (Å²) in [6.07, 6.45) is 1.60. The smallest absolute Gasteiger partial charge is 0.275 e. The van der Waals surface area contributed by atoms with E-state index in [2.05, 4.69) is 20.3 Å². The van der Waals surface area contributed by atoms with Gasteiger partial charge in [-0.15, -0.1) is 15.3 Å². The number of aryl methyl sites for hydroxylation is 1. The average Bonchev–Trinajstić information content (AvgIpc) is 3.25. The molecule has 8 nitrogen and oxygen atoms in total. The van der Waals surface area contributed by atoms with Gasteiger partial charge in [0.05, 0.1) is 6.26 Å². The molecular weight excluding hydrogens is 348 g/mol. The Kier molecular flexibility index (Phi) is 3.69. The SMILES string of the molecule is CCn1c(Sc2nn3c(=O)cc(C)nc3s2)nnc1-c1ccco1. The quantitative estimate of drug-likeness (QED) is 0.552. The van der Waals surface area contributed by atoms with Crippen LogP contribution >= 0.6 is 23.1 Å². The van der Waals surface area contributed by atoms with E-state index >= 15 is 0 Å². The van der Waals surface area contributed by atoms with Gasteiger partial charge in [0.2, 0.25) is 4.96 Å². The number of hydrogen-bond acceptors (Lipinski definition) is 8. The number of fused-ring (bicyclic) bond motifs is 1. The number of hydrogen-bond donors (Lipinski definition) is 0. The van der Waals surface area contributed by atoms with E-state index in [0.717, 1.165) is 0 Å². The maximum Gasteiger partial charge on any atom is 0.275 e. The van der Waals surface area contributed by atoms with Gasteiger partial charge in [0.1, 0.15) is 0 Å². The van der Waals surface area contributed by atoms with Crippen LogP contribution in [-0.2, 0) is 6.54 Å². The summed E-state index contributed by atoms with van der Waals surface area (Å²) in [7, 11) is 0. The summed E-state index contributed by atoms with van der Waals surface area (Å²) < 4.78 is 9.33. The lowest BCUT2D eigenvalue weighted by molar-refractivity contribution is 0.567. The van der Waals surface area contributed by atoms with Gasteiger partial charge in [-0.25, -0.2) is 4.98 Å². The van der Waals surface area contributed by atoms with E-state index in [0.29, 0.717) is 38.3 Å². The second-order valence-electron chi connectivity index (χ2n) is 4.93. The lowest BCUT2D eigenvalue weighted by Gasteiger charge is -2.03. The molecule has 0 aliphatic carbocycles. The van der Waals surface area contributed by atoms with Crippen LogP contribution in [0.2, 0.25) is 0 Å². The Morgan fingerprint density at radius 2 is 2.25 bits per heavy atom. The molecule has 0 saturated carbocycles. The van der Waals surface area contributed by atoms with Crippen LogP contribution in [0.5, 0.6) is 0 Å². The van der Waals surface area contributed by atoms with Crippen molar-refractivity contribution in [3.05, 3.63) is 40.5 Å². The van der Waals surface area contributed by atoms with Crippen molar-refractivity contribution in [3.8, 4) is 11.6 Å². The maximum absolute atomic E-state index is 12.0. The van der Waals surface area contributed by atoms with Gasteiger partial charge in [0.15, 0.2) is 21.1 Å². The second kappa shape index (κ2) is 5.87. The zero-order chi connectivity index (χ0) is 16.7. The van der Waals surface area contributed by atoms with E-state index in [-0.39, 0.29) is 5.56 Å². The van der Waals surface area contributed by atoms with Crippen molar-refractivity contribution in [2.45, 2.75) is 29.9 Å². The Morgan fingerprint density at radius 3 is 3.00 bits per heavy atom. The van der Waals surface area contributed by atoms with Gasteiger partial charge in [-0.1, -0.05) is 11.3 Å². The highest BCUT2D eigenvalue weighted by Crippen LogP contribution is 2.31. The molecule has 0 saturated heterocycles. The molecule has 4 heterocycles. The number of furan rings is 1. The summed E-state index contributed by atoms with van der Waals surface area (Å²) in [5.41, 5.74) is 0.492. The fourth-order valence-electron chi connectivity index (χ4n) is 2.26. The molecular formula is C14H12N6O2S2. The van der Waals surface area contributed by atoms with E-state index in [1.165, 1.54) is 33.7 Å². The standard InChI is InChI=1S/C14H12N6O2S2/c1-3-19-11(9-5-4-6-22-9)16-17-13(19)24-14-18-20-10(21)7-8(2)15-12(20)23-14/h4-7H,3H2,1-2H3. The first-order chi connectivity index (χ1) is 11.7. The summed E-state index contributed by atoms with van der Waals surface area (Å²) in [6, 6.07) is 5.12. The predicted molar refractivity (Wildman–Crippen MR) is 89.4 cm³/mol. The van der Waals surface area contributed by atoms with Gasteiger partial charge >= 0.3 is 0 Å². The van der Waals surface area contributed by atoms with Crippen LogP contribution < -0.4 is 5.56 Å². The molecule has 0 amide bonds.